The van der Waals surface area contributed by atoms with Crippen LogP contribution in [-0.4, -0.2) is 18.4 Å². The van der Waals surface area contributed by atoms with Gasteiger partial charge >= 0.3 is 0 Å². The van der Waals surface area contributed by atoms with E-state index in [1.165, 1.54) is 0 Å². The Morgan fingerprint density at radius 1 is 1.33 bits per heavy atom. The van der Waals surface area contributed by atoms with Crippen molar-refractivity contribution in [3.63, 3.8) is 0 Å². The monoisotopic (exact) mass is 203 g/mol. The Bertz CT molecular complexity index is 526. The van der Waals surface area contributed by atoms with Gasteiger partial charge in [-0.2, -0.15) is 0 Å². The summed E-state index contributed by atoms with van der Waals surface area (Å²) in [4.78, 5) is 14.2. The summed E-state index contributed by atoms with van der Waals surface area (Å²) in [5.41, 5.74) is 3.59. The molecule has 0 saturated carbocycles. The molecule has 0 unspecified atom stereocenters. The number of H-pyrrole nitrogens is 1. The van der Waals surface area contributed by atoms with Crippen molar-refractivity contribution in [1.29, 1.82) is 0 Å². The minimum atomic E-state index is 0.724. The zero-order valence-corrected chi connectivity index (χ0v) is 9.05. The van der Waals surface area contributed by atoms with Crippen LogP contribution in [0.15, 0.2) is 12.1 Å². The van der Waals surface area contributed by atoms with E-state index in [-0.39, 0.29) is 0 Å². The number of methoxy groups -OCH3 is 1. The Kier molecular flexibility index (Phi) is 2.23. The van der Waals surface area contributed by atoms with Gasteiger partial charge in [0.05, 0.1) is 12.6 Å². The van der Waals surface area contributed by atoms with E-state index in [0.29, 0.717) is 0 Å². The molecule has 0 aliphatic heterocycles. The molecule has 1 heterocycles. The van der Waals surface area contributed by atoms with Crippen molar-refractivity contribution in [2.24, 2.45) is 0 Å². The van der Waals surface area contributed by atoms with E-state index in [4.69, 9.17) is 4.74 Å². The van der Waals surface area contributed by atoms with Crippen molar-refractivity contribution in [2.75, 3.05) is 7.11 Å². The number of aryl methyl sites for hydroxylation is 2. The third-order valence-electron chi connectivity index (χ3n) is 2.70. The van der Waals surface area contributed by atoms with Gasteiger partial charge in [-0.05, 0) is 25.5 Å². The second-order valence-electron chi connectivity index (χ2n) is 3.62. The van der Waals surface area contributed by atoms with Crippen LogP contribution in [0.1, 0.15) is 21.6 Å². The van der Waals surface area contributed by atoms with Crippen molar-refractivity contribution in [1.82, 2.24) is 4.98 Å². The highest BCUT2D eigenvalue weighted by molar-refractivity contribution is 6.02. The number of hydrogen-bond donors (Lipinski definition) is 1. The molecular formula is C12H13NO2. The van der Waals surface area contributed by atoms with Crippen molar-refractivity contribution in [2.45, 2.75) is 13.8 Å². The predicted molar refractivity (Wildman–Crippen MR) is 59.7 cm³/mol. The van der Waals surface area contributed by atoms with Gasteiger partial charge in [0.2, 0.25) is 0 Å². The second kappa shape index (κ2) is 3.42. The van der Waals surface area contributed by atoms with Crippen molar-refractivity contribution < 1.29 is 9.53 Å². The van der Waals surface area contributed by atoms with Crippen LogP contribution in [0.2, 0.25) is 0 Å². The molecule has 0 aliphatic carbocycles. The molecule has 15 heavy (non-hydrogen) atoms. The summed E-state index contributed by atoms with van der Waals surface area (Å²) < 4.78 is 5.25. The maximum atomic E-state index is 11.0. The molecule has 0 radical (unpaired) electrons. The predicted octanol–water partition coefficient (Wildman–Crippen LogP) is 2.61. The summed E-state index contributed by atoms with van der Waals surface area (Å²) in [5.74, 6) is 0.770. The minimum absolute atomic E-state index is 0.724. The van der Waals surface area contributed by atoms with Gasteiger partial charge in [-0.25, -0.2) is 0 Å². The third-order valence-corrected chi connectivity index (χ3v) is 2.70. The van der Waals surface area contributed by atoms with Crippen LogP contribution < -0.4 is 4.74 Å². The van der Waals surface area contributed by atoms with Gasteiger partial charge in [0.1, 0.15) is 5.75 Å². The Balaban J connectivity index is 2.93. The molecule has 0 spiro atoms. The molecule has 1 aromatic carbocycles. The molecular weight excluding hydrogens is 190 g/mol. The standard InChI is InChI=1S/C12H13NO2/c1-7-4-5-10(15-3)12-11(7)9(6-14)8(2)13-12/h4-6,13H,1-3H3. The van der Waals surface area contributed by atoms with Gasteiger partial charge in [0, 0.05) is 16.6 Å². The molecule has 0 atom stereocenters. The highest BCUT2D eigenvalue weighted by Gasteiger charge is 2.13. The van der Waals surface area contributed by atoms with Crippen LogP contribution in [0.4, 0.5) is 0 Å². The molecule has 0 bridgehead atoms. The summed E-state index contributed by atoms with van der Waals surface area (Å²) in [6, 6.07) is 3.86. The van der Waals surface area contributed by atoms with Gasteiger partial charge in [0.15, 0.2) is 6.29 Å². The average Bonchev–Trinajstić information content (AvgIpc) is 2.56. The van der Waals surface area contributed by atoms with Crippen molar-refractivity contribution >= 4 is 17.2 Å². The summed E-state index contributed by atoms with van der Waals surface area (Å²) in [7, 11) is 1.63. The number of aromatic nitrogens is 1. The Morgan fingerprint density at radius 3 is 2.67 bits per heavy atom. The Hall–Kier alpha value is -1.77. The van der Waals surface area contributed by atoms with Gasteiger partial charge in [-0.15, -0.1) is 0 Å². The normalized spacial score (nSPS) is 10.6. The molecule has 78 valence electrons. The first-order chi connectivity index (χ1) is 7.19. The lowest BCUT2D eigenvalue weighted by Gasteiger charge is -2.03. The smallest absolute Gasteiger partial charge is 0.152 e. The van der Waals surface area contributed by atoms with E-state index in [1.807, 2.05) is 26.0 Å². The van der Waals surface area contributed by atoms with Crippen LogP contribution in [0, 0.1) is 13.8 Å². The lowest BCUT2D eigenvalue weighted by molar-refractivity contribution is 0.112. The Morgan fingerprint density at radius 2 is 2.07 bits per heavy atom. The number of nitrogens with one attached hydrogen (secondary N) is 1. The van der Waals surface area contributed by atoms with Crippen LogP contribution in [0.25, 0.3) is 10.9 Å². The topological polar surface area (TPSA) is 42.1 Å². The highest BCUT2D eigenvalue weighted by Crippen LogP contribution is 2.31. The van der Waals surface area contributed by atoms with E-state index in [9.17, 15) is 4.79 Å². The first-order valence-corrected chi connectivity index (χ1v) is 4.80. The van der Waals surface area contributed by atoms with Gasteiger partial charge < -0.3 is 9.72 Å². The summed E-state index contributed by atoms with van der Waals surface area (Å²) in [5, 5.41) is 0.960. The number of rotatable bonds is 2. The van der Waals surface area contributed by atoms with Gasteiger partial charge in [-0.1, -0.05) is 6.07 Å². The van der Waals surface area contributed by atoms with Crippen LogP contribution in [-0.2, 0) is 0 Å². The van der Waals surface area contributed by atoms with Gasteiger partial charge in [-0.3, -0.25) is 4.79 Å². The fourth-order valence-electron chi connectivity index (χ4n) is 1.92. The number of carbonyl (C=O) groups excluding carboxylic acids is 1. The van der Waals surface area contributed by atoms with Crippen LogP contribution in [0.3, 0.4) is 0 Å². The molecule has 1 N–H and O–H groups in total. The van der Waals surface area contributed by atoms with Crippen molar-refractivity contribution in [3.05, 3.63) is 29.0 Å². The first-order valence-electron chi connectivity index (χ1n) is 4.80. The first kappa shape index (κ1) is 9.77. The molecule has 0 aliphatic rings. The molecule has 2 rings (SSSR count). The fraction of sp³-hybridized carbons (Fsp3) is 0.250. The molecule has 2 aromatic rings. The quantitative estimate of drug-likeness (QED) is 0.762. The number of fused-ring (bicyclic) bond motifs is 1. The summed E-state index contributed by atoms with van der Waals surface area (Å²) >= 11 is 0. The van der Waals surface area contributed by atoms with Gasteiger partial charge in [0.25, 0.3) is 0 Å². The molecule has 3 heteroatoms. The van der Waals surface area contributed by atoms with E-state index < -0.39 is 0 Å². The van der Waals surface area contributed by atoms with Crippen LogP contribution in [0.5, 0.6) is 5.75 Å². The second-order valence-corrected chi connectivity index (χ2v) is 3.62. The van der Waals surface area contributed by atoms with E-state index >= 15 is 0 Å². The molecule has 0 amide bonds. The lowest BCUT2D eigenvalue weighted by atomic mass is 10.1. The van der Waals surface area contributed by atoms with Crippen LogP contribution >= 0.6 is 0 Å². The number of carbonyl (C=O) groups is 1. The number of aromatic amines is 1. The fourth-order valence-corrected chi connectivity index (χ4v) is 1.92. The Labute approximate surface area is 88.1 Å². The third kappa shape index (κ3) is 1.31. The zero-order chi connectivity index (χ0) is 11.0. The highest BCUT2D eigenvalue weighted by atomic mass is 16.5. The molecule has 1 aromatic heterocycles. The summed E-state index contributed by atoms with van der Waals surface area (Å²) in [6.07, 6.45) is 0.889. The maximum absolute atomic E-state index is 11.0. The zero-order valence-electron chi connectivity index (χ0n) is 9.05. The van der Waals surface area contributed by atoms with E-state index in [2.05, 4.69) is 4.98 Å². The largest absolute Gasteiger partial charge is 0.495 e. The van der Waals surface area contributed by atoms with E-state index in [0.717, 1.165) is 39.8 Å². The molecule has 0 saturated heterocycles. The molecule has 0 fully saturated rings. The number of benzene rings is 1. The summed E-state index contributed by atoms with van der Waals surface area (Å²) in [6.45, 7) is 3.88. The number of ether oxygens (including phenoxy) is 1. The molecule has 3 nitrogen and oxygen atoms in total. The minimum Gasteiger partial charge on any atom is -0.495 e. The SMILES string of the molecule is COc1ccc(C)c2c(C=O)c(C)[nH]c12. The number of hydrogen-bond acceptors (Lipinski definition) is 2. The number of aldehydes is 1. The average molecular weight is 203 g/mol. The van der Waals surface area contributed by atoms with Crippen molar-refractivity contribution in [3.8, 4) is 5.75 Å². The van der Waals surface area contributed by atoms with E-state index in [1.54, 1.807) is 7.11 Å². The lowest BCUT2D eigenvalue weighted by Crippen LogP contribution is -1.86. The maximum Gasteiger partial charge on any atom is 0.152 e.